The summed E-state index contributed by atoms with van der Waals surface area (Å²) in [5, 5.41) is 10.3. The van der Waals surface area contributed by atoms with Gasteiger partial charge in [0.05, 0.1) is 40.9 Å². The Morgan fingerprint density at radius 3 is 2.29 bits per heavy atom. The fourth-order valence-corrected chi connectivity index (χ4v) is 5.08. The van der Waals surface area contributed by atoms with E-state index in [1.54, 1.807) is 31.2 Å². The lowest BCUT2D eigenvalue weighted by atomic mass is 9.99. The number of nitrogens with one attached hydrogen (secondary N) is 1. The predicted octanol–water partition coefficient (Wildman–Crippen LogP) is 8.48. The molecule has 0 aliphatic carbocycles. The van der Waals surface area contributed by atoms with Crippen LogP contribution in [0.25, 0.3) is 33.2 Å². The van der Waals surface area contributed by atoms with Crippen molar-refractivity contribution in [2.24, 2.45) is 0 Å². The Morgan fingerprint density at radius 1 is 0.974 bits per heavy atom. The maximum Gasteiger partial charge on any atom is 0.335 e. The van der Waals surface area contributed by atoms with Crippen LogP contribution in [0.15, 0.2) is 83.8 Å². The largest absolute Gasteiger partial charge is 0.478 e. The molecule has 1 heterocycles. The van der Waals surface area contributed by atoms with Gasteiger partial charge in [0.15, 0.2) is 5.82 Å². The first-order valence-electron chi connectivity index (χ1n) is 11.7. The van der Waals surface area contributed by atoms with Gasteiger partial charge >= 0.3 is 5.97 Å². The Kier molecular flexibility index (Phi) is 7.53. The summed E-state index contributed by atoms with van der Waals surface area (Å²) in [7, 11) is 1.46. The molecule has 0 aliphatic rings. The summed E-state index contributed by atoms with van der Waals surface area (Å²) in [5.74, 6) is -1.38. The van der Waals surface area contributed by atoms with Gasteiger partial charge in [0.2, 0.25) is 0 Å². The second-order valence-corrected chi connectivity index (χ2v) is 10.0. The Labute approximate surface area is 228 Å². The molecule has 0 saturated heterocycles. The number of carboxylic acids is 1. The monoisotopic (exact) mass is 547 g/mol. The third-order valence-electron chi connectivity index (χ3n) is 6.39. The van der Waals surface area contributed by atoms with Gasteiger partial charge in [-0.05, 0) is 65.1 Å². The standard InChI is InChI=1S/C30H23ClFNO4S/c1-17-3-4-18(13-23(17)30(34)35)14-28-29(32)25-15-24(26(31)16-27(25)33-28)21-7-5-19(6-8-21)20-9-11-22(12-10-20)38-37-36-2/h3-13,15-16,33H,14H2,1-2H3,(H,34,35). The number of aromatic carboxylic acids is 1. The van der Waals surface area contributed by atoms with E-state index in [9.17, 15) is 9.90 Å². The molecule has 5 nitrogen and oxygen atoms in total. The number of aromatic amines is 1. The highest BCUT2D eigenvalue weighted by molar-refractivity contribution is 7.94. The summed E-state index contributed by atoms with van der Waals surface area (Å²) in [5.41, 5.74) is 6.21. The van der Waals surface area contributed by atoms with Gasteiger partial charge < -0.3 is 10.1 Å². The fourth-order valence-electron chi connectivity index (χ4n) is 4.41. The lowest BCUT2D eigenvalue weighted by molar-refractivity contribution is -0.160. The summed E-state index contributed by atoms with van der Waals surface area (Å²) in [6, 6.07) is 24.4. The molecule has 5 aromatic rings. The van der Waals surface area contributed by atoms with Crippen LogP contribution in [0.2, 0.25) is 5.02 Å². The molecule has 38 heavy (non-hydrogen) atoms. The number of aromatic nitrogens is 1. The predicted molar refractivity (Wildman–Crippen MR) is 149 cm³/mol. The van der Waals surface area contributed by atoms with Crippen LogP contribution in [0.5, 0.6) is 0 Å². The molecule has 0 atom stereocenters. The number of carboxylic acid groups (broad SMARTS) is 1. The zero-order valence-corrected chi connectivity index (χ0v) is 22.1. The normalized spacial score (nSPS) is 11.3. The van der Waals surface area contributed by atoms with Gasteiger partial charge in [-0.3, -0.25) is 0 Å². The average Bonchev–Trinajstić information content (AvgIpc) is 3.21. The quantitative estimate of drug-likeness (QED) is 0.116. The minimum atomic E-state index is -1.00. The van der Waals surface area contributed by atoms with E-state index in [1.165, 1.54) is 7.11 Å². The highest BCUT2D eigenvalue weighted by atomic mass is 35.5. The zero-order chi connectivity index (χ0) is 26.8. The van der Waals surface area contributed by atoms with Crippen molar-refractivity contribution in [1.29, 1.82) is 0 Å². The SMILES string of the molecule is COOSc1ccc(-c2ccc(-c3cc4c(F)c(Cc5ccc(C)c(C(=O)O)c5)[nH]c4cc3Cl)cc2)cc1. The van der Waals surface area contributed by atoms with Crippen molar-refractivity contribution >= 4 is 40.5 Å². The number of H-pyrrole nitrogens is 1. The highest BCUT2D eigenvalue weighted by Crippen LogP contribution is 2.35. The number of carbonyl (C=O) groups is 1. The van der Waals surface area contributed by atoms with Crippen LogP contribution in [0.4, 0.5) is 4.39 Å². The Balaban J connectivity index is 1.42. The number of hydrogen-bond donors (Lipinski definition) is 2. The first-order valence-corrected chi connectivity index (χ1v) is 12.9. The molecule has 0 amide bonds. The fraction of sp³-hybridized carbons (Fsp3) is 0.100. The molecule has 0 bridgehead atoms. The first kappa shape index (κ1) is 26.0. The number of rotatable bonds is 8. The lowest BCUT2D eigenvalue weighted by Gasteiger charge is -2.08. The van der Waals surface area contributed by atoms with Crippen molar-refractivity contribution in [2.45, 2.75) is 18.2 Å². The van der Waals surface area contributed by atoms with E-state index >= 15 is 4.39 Å². The lowest BCUT2D eigenvalue weighted by Crippen LogP contribution is -2.01. The van der Waals surface area contributed by atoms with Crippen molar-refractivity contribution in [1.82, 2.24) is 4.98 Å². The van der Waals surface area contributed by atoms with Gasteiger partial charge in [-0.2, -0.15) is 4.33 Å². The molecule has 2 N–H and O–H groups in total. The Hall–Kier alpha value is -3.62. The molecule has 0 spiro atoms. The Bertz CT molecular complexity index is 1630. The van der Waals surface area contributed by atoms with E-state index < -0.39 is 5.97 Å². The molecular formula is C30H23ClFNO4S. The summed E-state index contributed by atoms with van der Waals surface area (Å²) < 4.78 is 20.3. The summed E-state index contributed by atoms with van der Waals surface area (Å²) in [6.45, 7) is 1.74. The number of hydrogen-bond acceptors (Lipinski definition) is 4. The number of halogens is 2. The second kappa shape index (κ2) is 11.0. The van der Waals surface area contributed by atoms with E-state index in [0.717, 1.165) is 39.2 Å². The van der Waals surface area contributed by atoms with Gasteiger partial charge in [0.25, 0.3) is 0 Å². The molecule has 192 valence electrons. The molecule has 0 fully saturated rings. The van der Waals surface area contributed by atoms with Gasteiger partial charge in [-0.15, -0.1) is 0 Å². The van der Waals surface area contributed by atoms with Gasteiger partial charge in [0.1, 0.15) is 0 Å². The minimum Gasteiger partial charge on any atom is -0.478 e. The minimum absolute atomic E-state index is 0.211. The Morgan fingerprint density at radius 2 is 1.63 bits per heavy atom. The first-order chi connectivity index (χ1) is 18.3. The van der Waals surface area contributed by atoms with Crippen LogP contribution in [0.3, 0.4) is 0 Å². The van der Waals surface area contributed by atoms with Crippen LogP contribution < -0.4 is 0 Å². The van der Waals surface area contributed by atoms with Crippen LogP contribution >= 0.6 is 23.6 Å². The van der Waals surface area contributed by atoms with Crippen LogP contribution in [0.1, 0.15) is 27.2 Å². The highest BCUT2D eigenvalue weighted by Gasteiger charge is 2.17. The van der Waals surface area contributed by atoms with Gasteiger partial charge in [-0.1, -0.05) is 60.1 Å². The van der Waals surface area contributed by atoms with Crippen molar-refractivity contribution in [3.05, 3.63) is 112 Å². The molecule has 1 aromatic heterocycles. The smallest absolute Gasteiger partial charge is 0.335 e. The third kappa shape index (κ3) is 5.33. The molecule has 0 radical (unpaired) electrons. The molecule has 5 rings (SSSR count). The third-order valence-corrected chi connectivity index (χ3v) is 7.37. The van der Waals surface area contributed by atoms with Gasteiger partial charge in [0, 0.05) is 22.3 Å². The molecular weight excluding hydrogens is 525 g/mol. The van der Waals surface area contributed by atoms with E-state index in [-0.39, 0.29) is 17.8 Å². The summed E-state index contributed by atoms with van der Waals surface area (Å²) in [4.78, 5) is 20.1. The van der Waals surface area contributed by atoms with Crippen LogP contribution in [-0.4, -0.2) is 23.2 Å². The molecule has 8 heteroatoms. The molecule has 0 aliphatic heterocycles. The number of aryl methyl sites for hydroxylation is 1. The molecule has 4 aromatic carbocycles. The van der Waals surface area contributed by atoms with E-state index in [1.807, 2.05) is 54.6 Å². The summed E-state index contributed by atoms with van der Waals surface area (Å²) >= 11 is 7.75. The van der Waals surface area contributed by atoms with Crippen LogP contribution in [-0.2, 0) is 15.6 Å². The topological polar surface area (TPSA) is 71.6 Å². The number of benzene rings is 4. The van der Waals surface area contributed by atoms with E-state index in [0.29, 0.717) is 32.7 Å². The molecule has 0 saturated carbocycles. The van der Waals surface area contributed by atoms with Crippen molar-refractivity contribution < 1.29 is 23.5 Å². The van der Waals surface area contributed by atoms with Crippen molar-refractivity contribution in [3.63, 3.8) is 0 Å². The van der Waals surface area contributed by atoms with Crippen molar-refractivity contribution in [3.8, 4) is 22.3 Å². The maximum absolute atomic E-state index is 15.5. The summed E-state index contributed by atoms with van der Waals surface area (Å²) in [6.07, 6.45) is 0.234. The van der Waals surface area contributed by atoms with Gasteiger partial charge in [-0.25, -0.2) is 14.1 Å². The van der Waals surface area contributed by atoms with E-state index in [2.05, 4.69) is 9.87 Å². The molecule has 0 unspecified atom stereocenters. The van der Waals surface area contributed by atoms with E-state index in [4.69, 9.17) is 15.9 Å². The maximum atomic E-state index is 15.5. The average molecular weight is 548 g/mol. The number of fused-ring (bicyclic) bond motifs is 1. The second-order valence-electron chi connectivity index (χ2n) is 8.85. The zero-order valence-electron chi connectivity index (χ0n) is 20.5. The van der Waals surface area contributed by atoms with Crippen LogP contribution in [0, 0.1) is 12.7 Å². The van der Waals surface area contributed by atoms with Crippen molar-refractivity contribution in [2.75, 3.05) is 7.11 Å².